The van der Waals surface area contributed by atoms with Crippen molar-refractivity contribution < 1.29 is 19.1 Å². The highest BCUT2D eigenvalue weighted by molar-refractivity contribution is 5.85. The predicted molar refractivity (Wildman–Crippen MR) is 48.5 cm³/mol. The molecule has 1 aromatic rings. The number of hydrogen-bond acceptors (Lipinski definition) is 4. The molecule has 1 aromatic heterocycles. The second kappa shape index (κ2) is 4.13. The molecule has 1 heterocycles. The molecule has 0 amide bonds. The Labute approximate surface area is 81.7 Å². The lowest BCUT2D eigenvalue weighted by Gasteiger charge is -2.02. The van der Waals surface area contributed by atoms with Crippen molar-refractivity contribution in [3.05, 3.63) is 11.5 Å². The normalized spacial score (nSPS) is 10.6. The molecular weight excluding hydrogens is 186 g/mol. The number of carboxylic acids is 1. The summed E-state index contributed by atoms with van der Waals surface area (Å²) < 4.78 is 10.0. The lowest BCUT2D eigenvalue weighted by atomic mass is 10.2. The van der Waals surface area contributed by atoms with Gasteiger partial charge in [0.2, 0.25) is 5.76 Å². The smallest absolute Gasteiger partial charge is 0.394 e. The van der Waals surface area contributed by atoms with Crippen molar-refractivity contribution in [1.82, 2.24) is 4.98 Å². The van der Waals surface area contributed by atoms with Gasteiger partial charge in [-0.3, -0.25) is 0 Å². The van der Waals surface area contributed by atoms with Crippen LogP contribution in [-0.2, 0) is 0 Å². The molecule has 0 atom stereocenters. The Kier molecular flexibility index (Phi) is 3.11. The maximum Gasteiger partial charge on any atom is 0.394 e. The number of ether oxygens (including phenoxy) is 1. The average Bonchev–Trinajstić information content (AvgIpc) is 2.43. The monoisotopic (exact) mass is 199 g/mol. The van der Waals surface area contributed by atoms with Gasteiger partial charge in [0.05, 0.1) is 12.3 Å². The second-order valence-electron chi connectivity index (χ2n) is 3.40. The topological polar surface area (TPSA) is 72.6 Å². The van der Waals surface area contributed by atoms with Crippen LogP contribution in [0.15, 0.2) is 4.42 Å². The van der Waals surface area contributed by atoms with Crippen LogP contribution in [-0.4, -0.2) is 22.7 Å². The summed E-state index contributed by atoms with van der Waals surface area (Å²) in [6, 6.07) is 0. The minimum absolute atomic E-state index is 0.0219. The standard InChI is InChI=1S/C9H13NO4/c1-5(2)4-13-9-10-6(3)7(14-9)8(11)12/h5H,4H2,1-3H3,(H,11,12). The van der Waals surface area contributed by atoms with Crippen LogP contribution < -0.4 is 4.74 Å². The number of aryl methyl sites for hydroxylation is 1. The number of carbonyl (C=O) groups is 1. The Morgan fingerprint density at radius 2 is 2.29 bits per heavy atom. The number of carboxylic acid groups (broad SMARTS) is 1. The number of nitrogens with zero attached hydrogens (tertiary/aromatic N) is 1. The summed E-state index contributed by atoms with van der Waals surface area (Å²) in [5, 5.41) is 8.67. The zero-order valence-electron chi connectivity index (χ0n) is 8.40. The van der Waals surface area contributed by atoms with Crippen molar-refractivity contribution in [2.45, 2.75) is 20.8 Å². The highest BCUT2D eigenvalue weighted by Crippen LogP contribution is 2.16. The van der Waals surface area contributed by atoms with E-state index in [2.05, 4.69) is 4.98 Å². The highest BCUT2D eigenvalue weighted by Gasteiger charge is 2.16. The van der Waals surface area contributed by atoms with E-state index in [0.29, 0.717) is 18.2 Å². The van der Waals surface area contributed by atoms with E-state index in [-0.39, 0.29) is 11.8 Å². The largest absolute Gasteiger partial charge is 0.475 e. The molecule has 0 bridgehead atoms. The first-order chi connectivity index (χ1) is 6.50. The molecule has 0 fully saturated rings. The van der Waals surface area contributed by atoms with Gasteiger partial charge < -0.3 is 14.3 Å². The Hall–Kier alpha value is -1.52. The number of oxazole rings is 1. The fourth-order valence-corrected chi connectivity index (χ4v) is 0.870. The summed E-state index contributed by atoms with van der Waals surface area (Å²) in [5.74, 6) is -0.950. The average molecular weight is 199 g/mol. The lowest BCUT2D eigenvalue weighted by Crippen LogP contribution is -2.04. The molecule has 0 unspecified atom stereocenters. The zero-order valence-corrected chi connectivity index (χ0v) is 8.40. The third-order valence-corrected chi connectivity index (χ3v) is 1.51. The van der Waals surface area contributed by atoms with Crippen LogP contribution in [0.25, 0.3) is 0 Å². The van der Waals surface area contributed by atoms with E-state index in [4.69, 9.17) is 14.3 Å². The van der Waals surface area contributed by atoms with Crippen LogP contribution in [0.5, 0.6) is 6.08 Å². The number of hydrogen-bond donors (Lipinski definition) is 1. The van der Waals surface area contributed by atoms with E-state index in [1.54, 1.807) is 6.92 Å². The lowest BCUT2D eigenvalue weighted by molar-refractivity contribution is 0.0651. The summed E-state index contributed by atoms with van der Waals surface area (Å²) >= 11 is 0. The zero-order chi connectivity index (χ0) is 10.7. The third kappa shape index (κ3) is 2.48. The third-order valence-electron chi connectivity index (χ3n) is 1.51. The molecule has 0 spiro atoms. The van der Waals surface area contributed by atoms with Crippen LogP contribution in [0, 0.1) is 12.8 Å². The van der Waals surface area contributed by atoms with Gasteiger partial charge in [-0.1, -0.05) is 13.8 Å². The van der Waals surface area contributed by atoms with Crippen LogP contribution in [0.4, 0.5) is 0 Å². The van der Waals surface area contributed by atoms with Gasteiger partial charge >= 0.3 is 12.0 Å². The predicted octanol–water partition coefficient (Wildman–Crippen LogP) is 1.72. The molecule has 5 nitrogen and oxygen atoms in total. The molecule has 14 heavy (non-hydrogen) atoms. The van der Waals surface area contributed by atoms with Crippen molar-refractivity contribution in [3.63, 3.8) is 0 Å². The summed E-state index contributed by atoms with van der Waals surface area (Å²) in [6.07, 6.45) is 0.0219. The molecule has 0 aliphatic rings. The maximum absolute atomic E-state index is 10.6. The molecule has 0 saturated carbocycles. The van der Waals surface area contributed by atoms with Gasteiger partial charge in [0, 0.05) is 0 Å². The van der Waals surface area contributed by atoms with Crippen molar-refractivity contribution in [1.29, 1.82) is 0 Å². The van der Waals surface area contributed by atoms with E-state index in [0.717, 1.165) is 0 Å². The molecule has 0 saturated heterocycles. The fourth-order valence-electron chi connectivity index (χ4n) is 0.870. The van der Waals surface area contributed by atoms with Gasteiger partial charge in [0.1, 0.15) is 0 Å². The Morgan fingerprint density at radius 3 is 2.71 bits per heavy atom. The van der Waals surface area contributed by atoms with Gasteiger partial charge in [-0.15, -0.1) is 0 Å². The van der Waals surface area contributed by atoms with E-state index < -0.39 is 5.97 Å². The van der Waals surface area contributed by atoms with E-state index in [1.807, 2.05) is 13.8 Å². The molecule has 0 aromatic carbocycles. The Balaban J connectivity index is 2.71. The number of aromatic nitrogens is 1. The van der Waals surface area contributed by atoms with Gasteiger partial charge in [-0.2, -0.15) is 4.98 Å². The first-order valence-electron chi connectivity index (χ1n) is 4.34. The SMILES string of the molecule is Cc1nc(OCC(C)C)oc1C(=O)O. The van der Waals surface area contributed by atoms with Crippen LogP contribution in [0.2, 0.25) is 0 Å². The minimum atomic E-state index is -1.13. The van der Waals surface area contributed by atoms with Crippen LogP contribution in [0.1, 0.15) is 30.1 Å². The molecule has 0 aliphatic carbocycles. The van der Waals surface area contributed by atoms with Crippen molar-refractivity contribution in [2.75, 3.05) is 6.61 Å². The Bertz CT molecular complexity index is 330. The number of aromatic carboxylic acids is 1. The van der Waals surface area contributed by atoms with Crippen LogP contribution in [0.3, 0.4) is 0 Å². The number of rotatable bonds is 4. The molecular formula is C9H13NO4. The van der Waals surface area contributed by atoms with E-state index in [9.17, 15) is 4.79 Å². The molecule has 78 valence electrons. The molecule has 5 heteroatoms. The first kappa shape index (κ1) is 10.6. The highest BCUT2D eigenvalue weighted by atomic mass is 16.6. The van der Waals surface area contributed by atoms with Gasteiger partial charge in [-0.05, 0) is 12.8 Å². The molecule has 1 N–H and O–H groups in total. The summed E-state index contributed by atoms with van der Waals surface area (Å²) in [6.45, 7) is 5.98. The second-order valence-corrected chi connectivity index (χ2v) is 3.40. The van der Waals surface area contributed by atoms with Gasteiger partial charge in [0.15, 0.2) is 0 Å². The fraction of sp³-hybridized carbons (Fsp3) is 0.556. The van der Waals surface area contributed by atoms with E-state index in [1.165, 1.54) is 0 Å². The molecule has 0 radical (unpaired) electrons. The van der Waals surface area contributed by atoms with E-state index >= 15 is 0 Å². The molecule has 1 rings (SSSR count). The molecule has 0 aliphatic heterocycles. The van der Waals surface area contributed by atoms with Crippen molar-refractivity contribution in [2.24, 2.45) is 5.92 Å². The van der Waals surface area contributed by atoms with Crippen molar-refractivity contribution in [3.8, 4) is 6.08 Å². The Morgan fingerprint density at radius 1 is 1.64 bits per heavy atom. The summed E-state index contributed by atoms with van der Waals surface area (Å²) in [7, 11) is 0. The van der Waals surface area contributed by atoms with Gasteiger partial charge in [-0.25, -0.2) is 4.79 Å². The van der Waals surface area contributed by atoms with Crippen LogP contribution >= 0.6 is 0 Å². The van der Waals surface area contributed by atoms with Gasteiger partial charge in [0.25, 0.3) is 0 Å². The quantitative estimate of drug-likeness (QED) is 0.799. The van der Waals surface area contributed by atoms with Crippen molar-refractivity contribution >= 4 is 5.97 Å². The maximum atomic E-state index is 10.6. The minimum Gasteiger partial charge on any atom is -0.475 e. The first-order valence-corrected chi connectivity index (χ1v) is 4.34. The summed E-state index contributed by atoms with van der Waals surface area (Å²) in [4.78, 5) is 14.4. The summed E-state index contributed by atoms with van der Waals surface area (Å²) in [5.41, 5.74) is 0.330.